The molecule has 2 N–H and O–H groups in total. The van der Waals surface area contributed by atoms with Gasteiger partial charge in [0, 0.05) is 29.3 Å². The number of anilines is 1. The Morgan fingerprint density at radius 3 is 2.97 bits per heavy atom. The van der Waals surface area contributed by atoms with Crippen molar-refractivity contribution in [2.75, 3.05) is 5.32 Å². The molecule has 5 nitrogen and oxygen atoms in total. The van der Waals surface area contributed by atoms with Crippen LogP contribution in [0.2, 0.25) is 0 Å². The van der Waals surface area contributed by atoms with Crippen molar-refractivity contribution < 1.29 is 9.18 Å². The van der Waals surface area contributed by atoms with Gasteiger partial charge in [-0.3, -0.25) is 14.9 Å². The minimum atomic E-state index is -0.550. The molecule has 0 aliphatic carbocycles. The lowest BCUT2D eigenvalue weighted by atomic mass is 10.1. The molecule has 0 aliphatic rings. The van der Waals surface area contributed by atoms with Crippen LogP contribution in [0.15, 0.2) is 61.1 Å². The molecule has 2 aromatic carbocycles. The van der Waals surface area contributed by atoms with E-state index in [-0.39, 0.29) is 5.56 Å². The average Bonchev–Trinajstić information content (AvgIpc) is 3.20. The maximum atomic E-state index is 13.9. The molecule has 0 spiro atoms. The van der Waals surface area contributed by atoms with Crippen LogP contribution < -0.4 is 5.32 Å². The van der Waals surface area contributed by atoms with Crippen LogP contribution in [-0.4, -0.2) is 21.1 Å². The lowest BCUT2D eigenvalue weighted by Gasteiger charge is -2.07. The Morgan fingerprint density at radius 1 is 1.17 bits per heavy atom. The second-order valence-corrected chi connectivity index (χ2v) is 6.63. The molecular weight excluding hydrogens is 367 g/mol. The first-order valence-corrected chi connectivity index (χ1v) is 9.02. The Hall–Kier alpha value is -3.98. The Kier molecular flexibility index (Phi) is 5.04. The third kappa shape index (κ3) is 4.14. The van der Waals surface area contributed by atoms with Crippen LogP contribution >= 0.6 is 0 Å². The molecule has 0 atom stereocenters. The molecule has 4 rings (SSSR count). The Balaban J connectivity index is 1.49. The van der Waals surface area contributed by atoms with Gasteiger partial charge in [-0.1, -0.05) is 29.5 Å². The molecule has 0 saturated heterocycles. The Bertz CT molecular complexity index is 1270. The van der Waals surface area contributed by atoms with Gasteiger partial charge in [0.15, 0.2) is 0 Å². The number of pyridine rings is 1. The van der Waals surface area contributed by atoms with Gasteiger partial charge >= 0.3 is 0 Å². The third-order valence-corrected chi connectivity index (χ3v) is 4.45. The van der Waals surface area contributed by atoms with Gasteiger partial charge in [0.05, 0.1) is 23.5 Å². The summed E-state index contributed by atoms with van der Waals surface area (Å²) in [7, 11) is 0. The summed E-state index contributed by atoms with van der Waals surface area (Å²) in [6.07, 6.45) is 5.78. The molecule has 2 aromatic heterocycles. The normalized spacial score (nSPS) is 10.4. The summed E-state index contributed by atoms with van der Waals surface area (Å²) in [6.45, 7) is 1.81. The zero-order valence-corrected chi connectivity index (χ0v) is 15.7. The van der Waals surface area contributed by atoms with Gasteiger partial charge in [-0.25, -0.2) is 4.39 Å². The van der Waals surface area contributed by atoms with Crippen LogP contribution in [0.25, 0.3) is 10.9 Å². The Morgan fingerprint density at radius 2 is 2.07 bits per heavy atom. The SMILES string of the molecule is Cc1ccc(F)c(C(=O)Nc2cccc(C#CCc3cncc4[nH]ncc34)c2)c1. The highest BCUT2D eigenvalue weighted by atomic mass is 19.1. The molecule has 0 bridgehead atoms. The van der Waals surface area contributed by atoms with Gasteiger partial charge in [-0.2, -0.15) is 5.10 Å². The molecule has 6 heteroatoms. The van der Waals surface area contributed by atoms with E-state index >= 15 is 0 Å². The molecule has 1 amide bonds. The topological polar surface area (TPSA) is 70.7 Å². The predicted molar refractivity (Wildman–Crippen MR) is 110 cm³/mol. The van der Waals surface area contributed by atoms with Crippen LogP contribution in [0.4, 0.5) is 10.1 Å². The van der Waals surface area contributed by atoms with E-state index in [1.807, 2.05) is 13.0 Å². The molecule has 2 heterocycles. The van der Waals surface area contributed by atoms with Gasteiger partial charge < -0.3 is 5.32 Å². The number of nitrogens with one attached hydrogen (secondary N) is 2. The fraction of sp³-hybridized carbons (Fsp3) is 0.0870. The van der Waals surface area contributed by atoms with Crippen molar-refractivity contribution in [3.63, 3.8) is 0 Å². The monoisotopic (exact) mass is 384 g/mol. The largest absolute Gasteiger partial charge is 0.322 e. The quantitative estimate of drug-likeness (QED) is 0.519. The number of hydrogen-bond acceptors (Lipinski definition) is 3. The second-order valence-electron chi connectivity index (χ2n) is 6.63. The molecule has 29 heavy (non-hydrogen) atoms. The zero-order chi connectivity index (χ0) is 20.2. The highest BCUT2D eigenvalue weighted by Gasteiger charge is 2.12. The summed E-state index contributed by atoms with van der Waals surface area (Å²) >= 11 is 0. The first-order chi connectivity index (χ1) is 14.1. The van der Waals surface area contributed by atoms with Crippen LogP contribution in [0, 0.1) is 24.6 Å². The molecular formula is C23H17FN4O. The average molecular weight is 384 g/mol. The number of aryl methyl sites for hydroxylation is 1. The maximum Gasteiger partial charge on any atom is 0.258 e. The highest BCUT2D eigenvalue weighted by Crippen LogP contribution is 2.16. The zero-order valence-electron chi connectivity index (χ0n) is 15.7. The highest BCUT2D eigenvalue weighted by molar-refractivity contribution is 6.04. The number of carbonyl (C=O) groups excluding carboxylic acids is 1. The number of fused-ring (bicyclic) bond motifs is 1. The lowest BCUT2D eigenvalue weighted by Crippen LogP contribution is -2.14. The van der Waals surface area contributed by atoms with Crippen molar-refractivity contribution in [1.82, 2.24) is 15.2 Å². The summed E-state index contributed by atoms with van der Waals surface area (Å²) in [5.74, 6) is 5.17. The van der Waals surface area contributed by atoms with Crippen molar-refractivity contribution in [3.8, 4) is 11.8 Å². The summed E-state index contributed by atoms with van der Waals surface area (Å²) in [4.78, 5) is 16.6. The van der Waals surface area contributed by atoms with Gasteiger partial charge in [-0.15, -0.1) is 0 Å². The van der Waals surface area contributed by atoms with Crippen molar-refractivity contribution in [1.29, 1.82) is 0 Å². The summed E-state index contributed by atoms with van der Waals surface area (Å²) in [6, 6.07) is 11.6. The van der Waals surface area contributed by atoms with Gasteiger partial charge in [0.1, 0.15) is 5.82 Å². The van der Waals surface area contributed by atoms with E-state index in [9.17, 15) is 9.18 Å². The smallest absolute Gasteiger partial charge is 0.258 e. The van der Waals surface area contributed by atoms with E-state index in [1.165, 1.54) is 12.1 Å². The molecule has 0 aliphatic heterocycles. The number of H-pyrrole nitrogens is 1. The first kappa shape index (κ1) is 18.4. The number of aromatic nitrogens is 3. The second kappa shape index (κ2) is 7.95. The third-order valence-electron chi connectivity index (χ3n) is 4.45. The van der Waals surface area contributed by atoms with E-state index in [2.05, 4.69) is 32.3 Å². The van der Waals surface area contributed by atoms with E-state index in [0.717, 1.165) is 27.6 Å². The number of halogens is 1. The molecule has 0 unspecified atom stereocenters. The number of amides is 1. The van der Waals surface area contributed by atoms with Crippen molar-refractivity contribution in [2.24, 2.45) is 0 Å². The molecule has 0 radical (unpaired) electrons. The van der Waals surface area contributed by atoms with Crippen molar-refractivity contribution >= 4 is 22.5 Å². The van der Waals surface area contributed by atoms with E-state index in [4.69, 9.17) is 0 Å². The lowest BCUT2D eigenvalue weighted by molar-refractivity contribution is 0.102. The summed E-state index contributed by atoms with van der Waals surface area (Å²) in [5.41, 5.74) is 4.00. The van der Waals surface area contributed by atoms with Gasteiger partial charge in [-0.05, 0) is 42.8 Å². The minimum absolute atomic E-state index is 0.0159. The van der Waals surface area contributed by atoms with E-state index < -0.39 is 11.7 Å². The van der Waals surface area contributed by atoms with Crippen molar-refractivity contribution in [3.05, 3.63) is 89.1 Å². The molecule has 142 valence electrons. The minimum Gasteiger partial charge on any atom is -0.322 e. The number of hydrogen-bond donors (Lipinski definition) is 2. The van der Waals surface area contributed by atoms with Crippen LogP contribution in [0.1, 0.15) is 27.0 Å². The van der Waals surface area contributed by atoms with Crippen LogP contribution in [0.3, 0.4) is 0 Å². The van der Waals surface area contributed by atoms with Crippen molar-refractivity contribution in [2.45, 2.75) is 13.3 Å². The first-order valence-electron chi connectivity index (χ1n) is 9.02. The van der Waals surface area contributed by atoms with Gasteiger partial charge in [0.25, 0.3) is 5.91 Å². The standard InChI is InChI=1S/C23H17FN4O/c1-15-8-9-21(24)19(10-15)23(29)27-18-7-3-5-16(11-18)4-2-6-17-12-25-14-22-20(17)13-26-28-22/h3,5,7-14H,6H2,1H3,(H,26,28)(H,27,29). The fourth-order valence-electron chi connectivity index (χ4n) is 2.99. The molecule has 4 aromatic rings. The maximum absolute atomic E-state index is 13.9. The fourth-order valence-corrected chi connectivity index (χ4v) is 2.99. The summed E-state index contributed by atoms with van der Waals surface area (Å²) in [5, 5.41) is 10.6. The van der Waals surface area contributed by atoms with Crippen LogP contribution in [-0.2, 0) is 6.42 Å². The van der Waals surface area contributed by atoms with Gasteiger partial charge in [0.2, 0.25) is 0 Å². The number of rotatable bonds is 3. The molecule has 0 fully saturated rings. The number of carbonyl (C=O) groups is 1. The Labute approximate surface area is 167 Å². The van der Waals surface area contributed by atoms with E-state index in [1.54, 1.807) is 42.9 Å². The van der Waals surface area contributed by atoms with Crippen LogP contribution in [0.5, 0.6) is 0 Å². The summed E-state index contributed by atoms with van der Waals surface area (Å²) < 4.78 is 13.9. The van der Waals surface area contributed by atoms with E-state index in [0.29, 0.717) is 12.1 Å². The predicted octanol–water partition coefficient (Wildman–Crippen LogP) is 4.25. The number of benzene rings is 2. The number of nitrogens with zero attached hydrogens (tertiary/aromatic N) is 2. The number of aromatic amines is 1. The molecule has 0 saturated carbocycles.